The fourth-order valence-electron chi connectivity index (χ4n) is 1.68. The molecular formula is C10H13NO8S3. The first-order valence-electron chi connectivity index (χ1n) is 5.43. The molecule has 1 aromatic rings. The van der Waals surface area contributed by atoms with Crippen molar-refractivity contribution >= 4 is 41.5 Å². The number of aromatic carboxylic acids is 1. The third-order valence-electron chi connectivity index (χ3n) is 2.43. The lowest BCUT2D eigenvalue weighted by Crippen LogP contribution is -2.36. The average Bonchev–Trinajstić information content (AvgIpc) is 2.23. The molecule has 12 heteroatoms. The van der Waals surface area contributed by atoms with E-state index in [0.29, 0.717) is 18.6 Å². The van der Waals surface area contributed by atoms with Crippen molar-refractivity contribution in [2.45, 2.75) is 4.90 Å². The van der Waals surface area contributed by atoms with E-state index in [4.69, 9.17) is 5.11 Å². The van der Waals surface area contributed by atoms with Crippen molar-refractivity contribution in [1.82, 2.24) is 0 Å². The van der Waals surface area contributed by atoms with E-state index in [0.717, 1.165) is 18.4 Å². The fourth-order valence-corrected chi connectivity index (χ4v) is 5.30. The maximum absolute atomic E-state index is 11.7. The van der Waals surface area contributed by atoms with E-state index in [1.165, 1.54) is 0 Å². The molecule has 0 spiro atoms. The van der Waals surface area contributed by atoms with Crippen molar-refractivity contribution in [1.29, 1.82) is 0 Å². The minimum Gasteiger partial charge on any atom is -0.478 e. The Morgan fingerprint density at radius 1 is 0.955 bits per heavy atom. The van der Waals surface area contributed by atoms with Crippen molar-refractivity contribution in [2.24, 2.45) is 0 Å². The average molecular weight is 371 g/mol. The maximum atomic E-state index is 11.7. The summed E-state index contributed by atoms with van der Waals surface area (Å²) < 4.78 is 69.8. The lowest BCUT2D eigenvalue weighted by molar-refractivity contribution is 0.0698. The summed E-state index contributed by atoms with van der Waals surface area (Å²) in [4.78, 5) is 10.8. The summed E-state index contributed by atoms with van der Waals surface area (Å²) in [6.45, 7) is 0. The molecule has 1 N–H and O–H groups in total. The zero-order valence-electron chi connectivity index (χ0n) is 11.7. The fraction of sp³-hybridized carbons (Fsp3) is 0.300. The van der Waals surface area contributed by atoms with Crippen LogP contribution in [0.2, 0.25) is 0 Å². The summed E-state index contributed by atoms with van der Waals surface area (Å²) in [6, 6.07) is 2.48. The molecule has 0 bridgehead atoms. The number of benzene rings is 1. The van der Waals surface area contributed by atoms with Crippen LogP contribution in [0.4, 0.5) is 5.69 Å². The second-order valence-electron chi connectivity index (χ2n) is 4.48. The number of carboxylic acids is 1. The number of carbonyl (C=O) groups is 1. The number of hydrogen-bond acceptors (Lipinski definition) is 7. The van der Waals surface area contributed by atoms with Gasteiger partial charge >= 0.3 is 5.97 Å². The van der Waals surface area contributed by atoms with Crippen molar-refractivity contribution in [3.63, 3.8) is 0 Å². The van der Waals surface area contributed by atoms with Gasteiger partial charge in [0.05, 0.1) is 28.7 Å². The van der Waals surface area contributed by atoms with Crippen molar-refractivity contribution < 1.29 is 35.2 Å². The predicted molar refractivity (Wildman–Crippen MR) is 78.7 cm³/mol. The van der Waals surface area contributed by atoms with Gasteiger partial charge in [-0.2, -0.15) is 3.71 Å². The first-order valence-corrected chi connectivity index (χ1v) is 11.0. The number of anilines is 1. The SMILES string of the molecule is CS(=O)(=O)c1ccc(C(=O)O)c(N(S(C)(=O)=O)S(C)(=O)=O)c1. The molecule has 0 radical (unpaired) electrons. The topological polar surface area (TPSA) is 143 Å². The molecule has 1 rings (SSSR count). The lowest BCUT2D eigenvalue weighted by atomic mass is 10.2. The second-order valence-corrected chi connectivity index (χ2v) is 10.4. The van der Waals surface area contributed by atoms with Crippen LogP contribution in [-0.2, 0) is 29.9 Å². The molecule has 0 aliphatic carbocycles. The molecule has 0 aromatic heterocycles. The Morgan fingerprint density at radius 3 is 1.73 bits per heavy atom. The normalized spacial score (nSPS) is 12.9. The Balaban J connectivity index is 3.93. The van der Waals surface area contributed by atoms with Gasteiger partial charge in [0.15, 0.2) is 9.84 Å². The first kappa shape index (κ1) is 18.4. The minimum absolute atomic E-state index is 0.113. The second kappa shape index (κ2) is 5.52. The Kier molecular flexibility index (Phi) is 4.61. The third-order valence-corrected chi connectivity index (χ3v) is 6.76. The molecular weight excluding hydrogens is 358 g/mol. The van der Waals surface area contributed by atoms with Crippen LogP contribution in [-0.4, -0.2) is 55.1 Å². The molecule has 1 aromatic carbocycles. The predicted octanol–water partition coefficient (Wildman–Crippen LogP) is -0.486. The minimum atomic E-state index is -4.41. The van der Waals surface area contributed by atoms with Crippen LogP contribution in [0, 0.1) is 0 Å². The Bertz CT molecular complexity index is 896. The number of carboxylic acid groups (broad SMARTS) is 1. The summed E-state index contributed by atoms with van der Waals surface area (Å²) in [5.41, 5.74) is -1.43. The monoisotopic (exact) mass is 371 g/mol. The van der Waals surface area contributed by atoms with Crippen LogP contribution in [0.15, 0.2) is 23.1 Å². The van der Waals surface area contributed by atoms with Crippen LogP contribution in [0.25, 0.3) is 0 Å². The summed E-state index contributed by atoms with van der Waals surface area (Å²) in [6.07, 6.45) is 1.94. The number of sulfone groups is 1. The molecule has 0 amide bonds. The van der Waals surface area contributed by atoms with Crippen LogP contribution >= 0.6 is 0 Å². The van der Waals surface area contributed by atoms with Gasteiger partial charge in [-0.3, -0.25) is 0 Å². The van der Waals surface area contributed by atoms with Crippen LogP contribution in [0.1, 0.15) is 10.4 Å². The van der Waals surface area contributed by atoms with Gasteiger partial charge in [-0.15, -0.1) is 0 Å². The Morgan fingerprint density at radius 2 is 1.41 bits per heavy atom. The summed E-state index contributed by atoms with van der Waals surface area (Å²) in [5, 5.41) is 9.07. The van der Waals surface area contributed by atoms with E-state index in [1.807, 2.05) is 0 Å². The van der Waals surface area contributed by atoms with E-state index in [-0.39, 0.29) is 3.71 Å². The van der Waals surface area contributed by atoms with E-state index in [2.05, 4.69) is 0 Å². The number of sulfonamides is 2. The lowest BCUT2D eigenvalue weighted by Gasteiger charge is -2.21. The van der Waals surface area contributed by atoms with Gasteiger partial charge in [0.1, 0.15) is 0 Å². The van der Waals surface area contributed by atoms with E-state index in [1.54, 1.807) is 0 Å². The molecule has 9 nitrogen and oxygen atoms in total. The van der Waals surface area contributed by atoms with Crippen LogP contribution in [0.5, 0.6) is 0 Å². The highest BCUT2D eigenvalue weighted by Crippen LogP contribution is 2.28. The van der Waals surface area contributed by atoms with E-state index in [9.17, 15) is 30.0 Å². The van der Waals surface area contributed by atoms with Gasteiger partial charge in [0, 0.05) is 6.26 Å². The number of rotatable bonds is 5. The van der Waals surface area contributed by atoms with Crippen molar-refractivity contribution in [3.05, 3.63) is 23.8 Å². The third kappa shape index (κ3) is 3.96. The highest BCUT2D eigenvalue weighted by molar-refractivity contribution is 8.09. The Hall–Kier alpha value is -1.66. The largest absolute Gasteiger partial charge is 0.478 e. The van der Waals surface area contributed by atoms with Gasteiger partial charge in [-0.05, 0) is 18.2 Å². The molecule has 0 aliphatic heterocycles. The zero-order valence-corrected chi connectivity index (χ0v) is 14.2. The van der Waals surface area contributed by atoms with Crippen LogP contribution < -0.4 is 3.71 Å². The van der Waals surface area contributed by atoms with E-state index >= 15 is 0 Å². The summed E-state index contributed by atoms with van der Waals surface area (Å²) in [7, 11) is -12.6. The van der Waals surface area contributed by atoms with Gasteiger partial charge in [0.2, 0.25) is 20.0 Å². The molecule has 0 fully saturated rings. The molecule has 22 heavy (non-hydrogen) atoms. The standard InChI is InChI=1S/C10H13NO8S3/c1-20(14,15)7-4-5-8(10(12)13)9(6-7)11(21(2,16)17)22(3,18)19/h4-6H,1-3H3,(H,12,13). The molecule has 0 atom stereocenters. The summed E-state index contributed by atoms with van der Waals surface area (Å²) >= 11 is 0. The molecule has 0 saturated carbocycles. The van der Waals surface area contributed by atoms with Gasteiger partial charge < -0.3 is 5.11 Å². The van der Waals surface area contributed by atoms with Gasteiger partial charge in [-0.25, -0.2) is 30.0 Å². The van der Waals surface area contributed by atoms with Crippen molar-refractivity contribution in [2.75, 3.05) is 22.5 Å². The highest BCUT2D eigenvalue weighted by Gasteiger charge is 2.32. The molecule has 124 valence electrons. The molecule has 0 aliphatic rings. The maximum Gasteiger partial charge on any atom is 0.337 e. The Labute approximate surface area is 128 Å². The first-order chi connectivity index (χ1) is 9.65. The summed E-state index contributed by atoms with van der Waals surface area (Å²) in [5.74, 6) is -1.60. The van der Waals surface area contributed by atoms with Gasteiger partial charge in [0.25, 0.3) is 0 Å². The quantitative estimate of drug-likeness (QED) is 0.730. The molecule has 0 unspecified atom stereocenters. The molecule has 0 saturated heterocycles. The smallest absolute Gasteiger partial charge is 0.337 e. The van der Waals surface area contributed by atoms with Gasteiger partial charge in [-0.1, -0.05) is 0 Å². The molecule has 0 heterocycles. The highest BCUT2D eigenvalue weighted by atomic mass is 32.3. The number of nitrogens with zero attached hydrogens (tertiary/aromatic N) is 1. The number of hydrogen-bond donors (Lipinski definition) is 1. The zero-order chi connectivity index (χ0) is 17.5. The van der Waals surface area contributed by atoms with E-state index < -0.39 is 52.0 Å². The van der Waals surface area contributed by atoms with Crippen LogP contribution in [0.3, 0.4) is 0 Å². The van der Waals surface area contributed by atoms with Crippen molar-refractivity contribution in [3.8, 4) is 0 Å².